The summed E-state index contributed by atoms with van der Waals surface area (Å²) in [5.41, 5.74) is -1.06. The Kier molecular flexibility index (Phi) is 3.16. The Labute approximate surface area is 107 Å². The first kappa shape index (κ1) is 13.0. The first-order valence-corrected chi connectivity index (χ1v) is 7.17. The number of amides is 1. The van der Waals surface area contributed by atoms with Gasteiger partial charge in [-0.1, -0.05) is 18.2 Å². The second-order valence-corrected chi connectivity index (χ2v) is 6.57. The van der Waals surface area contributed by atoms with Crippen LogP contribution in [0.5, 0.6) is 0 Å². The van der Waals surface area contributed by atoms with Crippen molar-refractivity contribution in [3.63, 3.8) is 0 Å². The normalized spacial score (nSPS) is 20.4. The fourth-order valence-electron chi connectivity index (χ4n) is 2.02. The second-order valence-electron chi connectivity index (χ2n) is 4.71. The molecule has 1 saturated heterocycles. The third-order valence-corrected chi connectivity index (χ3v) is 5.20. The van der Waals surface area contributed by atoms with Gasteiger partial charge in [0.15, 0.2) is 0 Å². The fourth-order valence-corrected chi connectivity index (χ4v) is 3.79. The quantitative estimate of drug-likeness (QED) is 0.853. The number of carbonyl (C=O) groups excluding carboxylic acids is 1. The molecule has 1 aliphatic heterocycles. The van der Waals surface area contributed by atoms with E-state index in [9.17, 15) is 13.2 Å². The summed E-state index contributed by atoms with van der Waals surface area (Å²) in [6, 6.07) is 8.18. The van der Waals surface area contributed by atoms with Gasteiger partial charge in [0.25, 0.3) is 0 Å². The largest absolute Gasteiger partial charge is 0.353 e. The zero-order chi connectivity index (χ0) is 13.4. The van der Waals surface area contributed by atoms with Gasteiger partial charge in [0.1, 0.15) is 5.54 Å². The van der Waals surface area contributed by atoms with Gasteiger partial charge in [0, 0.05) is 13.1 Å². The third kappa shape index (κ3) is 2.02. The van der Waals surface area contributed by atoms with Crippen molar-refractivity contribution in [3.8, 4) is 0 Å². The summed E-state index contributed by atoms with van der Waals surface area (Å²) >= 11 is 0. The number of sulfonamides is 1. The van der Waals surface area contributed by atoms with Crippen LogP contribution in [0.1, 0.15) is 13.8 Å². The number of piperazine rings is 1. The number of nitrogens with zero attached hydrogens (tertiary/aromatic N) is 1. The third-order valence-electron chi connectivity index (χ3n) is 3.11. The summed E-state index contributed by atoms with van der Waals surface area (Å²) in [4.78, 5) is 12.0. The second kappa shape index (κ2) is 4.37. The van der Waals surface area contributed by atoms with Gasteiger partial charge in [-0.3, -0.25) is 4.79 Å². The zero-order valence-electron chi connectivity index (χ0n) is 10.4. The van der Waals surface area contributed by atoms with E-state index in [1.165, 1.54) is 16.4 Å². The van der Waals surface area contributed by atoms with Gasteiger partial charge in [-0.25, -0.2) is 8.42 Å². The minimum absolute atomic E-state index is 0.216. The van der Waals surface area contributed by atoms with E-state index in [0.717, 1.165) is 0 Å². The van der Waals surface area contributed by atoms with Crippen LogP contribution in [0.25, 0.3) is 0 Å². The van der Waals surface area contributed by atoms with Gasteiger partial charge < -0.3 is 5.32 Å². The van der Waals surface area contributed by atoms with Crippen molar-refractivity contribution >= 4 is 15.9 Å². The lowest BCUT2D eigenvalue weighted by atomic mass is 10.0. The van der Waals surface area contributed by atoms with E-state index in [1.807, 2.05) is 0 Å². The van der Waals surface area contributed by atoms with Crippen molar-refractivity contribution in [1.82, 2.24) is 9.62 Å². The first-order valence-electron chi connectivity index (χ1n) is 5.73. The fraction of sp³-hybridized carbons (Fsp3) is 0.417. The topological polar surface area (TPSA) is 66.5 Å². The Morgan fingerprint density at radius 1 is 1.22 bits per heavy atom. The molecule has 0 atom stereocenters. The molecular weight excluding hydrogens is 252 g/mol. The number of nitrogens with one attached hydrogen (secondary N) is 1. The molecule has 0 bridgehead atoms. The molecule has 0 unspecified atom stereocenters. The average molecular weight is 268 g/mol. The summed E-state index contributed by atoms with van der Waals surface area (Å²) in [6.45, 7) is 3.86. The summed E-state index contributed by atoms with van der Waals surface area (Å²) < 4.78 is 26.2. The van der Waals surface area contributed by atoms with E-state index in [0.29, 0.717) is 6.54 Å². The Hall–Kier alpha value is -1.40. The van der Waals surface area contributed by atoms with Crippen molar-refractivity contribution in [2.75, 3.05) is 13.1 Å². The molecule has 5 nitrogen and oxygen atoms in total. The SMILES string of the molecule is CC1(C)C(=O)NCCN1S(=O)(=O)c1ccccc1. The van der Waals surface area contributed by atoms with Gasteiger partial charge in [-0.15, -0.1) is 0 Å². The zero-order valence-corrected chi connectivity index (χ0v) is 11.2. The van der Waals surface area contributed by atoms with Gasteiger partial charge >= 0.3 is 0 Å². The van der Waals surface area contributed by atoms with E-state index in [4.69, 9.17) is 0 Å². The molecule has 1 heterocycles. The molecule has 2 rings (SSSR count). The summed E-state index contributed by atoms with van der Waals surface area (Å²) in [5, 5.41) is 2.68. The molecule has 1 amide bonds. The lowest BCUT2D eigenvalue weighted by Gasteiger charge is -2.39. The van der Waals surface area contributed by atoms with E-state index in [-0.39, 0.29) is 17.3 Å². The molecular formula is C12H16N2O3S. The number of benzene rings is 1. The molecule has 1 N–H and O–H groups in total. The van der Waals surface area contributed by atoms with Crippen molar-refractivity contribution < 1.29 is 13.2 Å². The minimum atomic E-state index is -3.63. The summed E-state index contributed by atoms with van der Waals surface area (Å²) in [5.74, 6) is -0.270. The molecule has 0 saturated carbocycles. The molecule has 98 valence electrons. The molecule has 6 heteroatoms. The molecule has 18 heavy (non-hydrogen) atoms. The van der Waals surface area contributed by atoms with Crippen LogP contribution in [-0.4, -0.2) is 37.3 Å². The maximum atomic E-state index is 12.5. The van der Waals surface area contributed by atoms with Crippen molar-refractivity contribution in [2.45, 2.75) is 24.3 Å². The van der Waals surface area contributed by atoms with E-state index < -0.39 is 15.6 Å². The highest BCUT2D eigenvalue weighted by Gasteiger charge is 2.44. The maximum absolute atomic E-state index is 12.5. The smallest absolute Gasteiger partial charge is 0.244 e. The van der Waals surface area contributed by atoms with Crippen molar-refractivity contribution in [1.29, 1.82) is 0 Å². The number of carbonyl (C=O) groups is 1. The Morgan fingerprint density at radius 3 is 2.44 bits per heavy atom. The molecule has 0 aliphatic carbocycles. The van der Waals surface area contributed by atoms with Crippen LogP contribution in [0.3, 0.4) is 0 Å². The summed E-state index contributed by atoms with van der Waals surface area (Å²) in [6.07, 6.45) is 0. The van der Waals surface area contributed by atoms with Crippen LogP contribution in [-0.2, 0) is 14.8 Å². The molecule has 0 spiro atoms. The van der Waals surface area contributed by atoms with Crippen molar-refractivity contribution in [2.24, 2.45) is 0 Å². The monoisotopic (exact) mass is 268 g/mol. The Balaban J connectivity index is 2.45. The predicted octanol–water partition coefficient (Wildman–Crippen LogP) is 0.586. The highest BCUT2D eigenvalue weighted by molar-refractivity contribution is 7.89. The standard InChI is InChI=1S/C12H16N2O3S/c1-12(2)11(15)13-8-9-14(12)18(16,17)10-6-4-3-5-7-10/h3-7H,8-9H2,1-2H3,(H,13,15). The number of hydrogen-bond donors (Lipinski definition) is 1. The average Bonchev–Trinajstić information content (AvgIpc) is 2.33. The van der Waals surface area contributed by atoms with Crippen molar-refractivity contribution in [3.05, 3.63) is 30.3 Å². The van der Waals surface area contributed by atoms with Crippen LogP contribution in [0.15, 0.2) is 35.2 Å². The van der Waals surface area contributed by atoms with Gasteiger partial charge in [0.05, 0.1) is 4.90 Å². The molecule has 1 aliphatic rings. The lowest BCUT2D eigenvalue weighted by Crippen LogP contribution is -2.63. The van der Waals surface area contributed by atoms with E-state index in [2.05, 4.69) is 5.32 Å². The van der Waals surface area contributed by atoms with Crippen LogP contribution in [0, 0.1) is 0 Å². The van der Waals surface area contributed by atoms with Gasteiger partial charge in [0.2, 0.25) is 15.9 Å². The van der Waals surface area contributed by atoms with E-state index in [1.54, 1.807) is 32.0 Å². The molecule has 0 aromatic heterocycles. The predicted molar refractivity (Wildman–Crippen MR) is 67.4 cm³/mol. The molecule has 1 fully saturated rings. The van der Waals surface area contributed by atoms with Crippen LogP contribution in [0.2, 0.25) is 0 Å². The van der Waals surface area contributed by atoms with Gasteiger partial charge in [-0.2, -0.15) is 4.31 Å². The molecule has 1 aromatic carbocycles. The minimum Gasteiger partial charge on any atom is -0.353 e. The molecule has 0 radical (unpaired) electrons. The molecule has 1 aromatic rings. The Bertz CT molecular complexity index is 552. The Morgan fingerprint density at radius 2 is 1.83 bits per heavy atom. The van der Waals surface area contributed by atoms with E-state index >= 15 is 0 Å². The highest BCUT2D eigenvalue weighted by Crippen LogP contribution is 2.26. The lowest BCUT2D eigenvalue weighted by molar-refractivity contribution is -0.131. The van der Waals surface area contributed by atoms with Crippen LogP contribution >= 0.6 is 0 Å². The maximum Gasteiger partial charge on any atom is 0.244 e. The summed E-state index contributed by atoms with van der Waals surface area (Å²) in [7, 11) is -3.63. The number of hydrogen-bond acceptors (Lipinski definition) is 3. The highest BCUT2D eigenvalue weighted by atomic mass is 32.2. The first-order chi connectivity index (χ1) is 8.37. The van der Waals surface area contributed by atoms with Gasteiger partial charge in [-0.05, 0) is 26.0 Å². The van der Waals surface area contributed by atoms with Crippen LogP contribution < -0.4 is 5.32 Å². The number of rotatable bonds is 2. The van der Waals surface area contributed by atoms with Crippen LogP contribution in [0.4, 0.5) is 0 Å².